The molecule has 4 rings (SSSR count). The van der Waals surface area contributed by atoms with E-state index in [1.54, 1.807) is 30.3 Å². The number of carbonyl (C=O) groups excluding carboxylic acids is 1. The van der Waals surface area contributed by atoms with Gasteiger partial charge in [-0.3, -0.25) is 4.79 Å². The number of carboxylic acid groups (broad SMARTS) is 1. The van der Waals surface area contributed by atoms with Gasteiger partial charge in [-0.2, -0.15) is 5.26 Å². The Balaban J connectivity index is 1.48. The minimum absolute atomic E-state index is 0.149. The van der Waals surface area contributed by atoms with Crippen molar-refractivity contribution < 1.29 is 28.2 Å². The van der Waals surface area contributed by atoms with Crippen LogP contribution >= 0.6 is 0 Å². The number of aromatic nitrogens is 1. The molecule has 0 radical (unpaired) electrons. The lowest BCUT2D eigenvalue weighted by molar-refractivity contribution is -0.117. The van der Waals surface area contributed by atoms with Crippen LogP contribution in [0.15, 0.2) is 36.5 Å². The van der Waals surface area contributed by atoms with Crippen LogP contribution in [0.2, 0.25) is 0 Å². The predicted octanol–water partition coefficient (Wildman–Crippen LogP) is 3.39. The summed E-state index contributed by atoms with van der Waals surface area (Å²) in [5, 5.41) is 21.1. The molecule has 166 valence electrons. The van der Waals surface area contributed by atoms with E-state index in [-0.39, 0.29) is 43.1 Å². The number of amides is 2. The van der Waals surface area contributed by atoms with Crippen LogP contribution in [0.1, 0.15) is 18.4 Å². The van der Waals surface area contributed by atoms with Gasteiger partial charge in [0.05, 0.1) is 18.0 Å². The highest BCUT2D eigenvalue weighted by atomic mass is 19.1. The van der Waals surface area contributed by atoms with E-state index >= 15 is 0 Å². The number of nitriles is 1. The molecular formula is C22H20F2N4O4. The summed E-state index contributed by atoms with van der Waals surface area (Å²) in [5.74, 6) is -0.573. The van der Waals surface area contributed by atoms with Gasteiger partial charge in [-0.05, 0) is 41.8 Å². The number of rotatable bonds is 5. The van der Waals surface area contributed by atoms with Crippen LogP contribution in [-0.2, 0) is 4.79 Å². The molecule has 32 heavy (non-hydrogen) atoms. The van der Waals surface area contributed by atoms with Crippen LogP contribution in [-0.4, -0.2) is 58.5 Å². The van der Waals surface area contributed by atoms with Crippen molar-refractivity contribution in [1.82, 2.24) is 9.88 Å². The zero-order valence-electron chi connectivity index (χ0n) is 16.9. The highest BCUT2D eigenvalue weighted by Gasteiger charge is 2.43. The lowest BCUT2D eigenvalue weighted by Crippen LogP contribution is -2.48. The van der Waals surface area contributed by atoms with Gasteiger partial charge in [0, 0.05) is 19.2 Å². The summed E-state index contributed by atoms with van der Waals surface area (Å²) in [5.41, 5.74) is 1.51. The smallest absolute Gasteiger partial charge is 0.407 e. The van der Waals surface area contributed by atoms with E-state index in [9.17, 15) is 23.6 Å². The molecule has 1 aromatic heterocycles. The average molecular weight is 442 g/mol. The van der Waals surface area contributed by atoms with Crippen molar-refractivity contribution in [2.24, 2.45) is 5.92 Å². The van der Waals surface area contributed by atoms with Crippen molar-refractivity contribution in [1.29, 1.82) is 5.26 Å². The third-order valence-corrected chi connectivity index (χ3v) is 5.52. The number of nitrogens with zero attached hydrogens (tertiary/aromatic N) is 3. The molecule has 2 amide bonds. The molecule has 4 atom stereocenters. The molecule has 2 aromatic rings. The lowest BCUT2D eigenvalue weighted by atomic mass is 10.0. The first-order valence-corrected chi connectivity index (χ1v) is 10.1. The van der Waals surface area contributed by atoms with Crippen LogP contribution in [0.4, 0.5) is 19.4 Å². The van der Waals surface area contributed by atoms with Gasteiger partial charge in [0.1, 0.15) is 29.9 Å². The second-order valence-electron chi connectivity index (χ2n) is 7.79. The fourth-order valence-corrected chi connectivity index (χ4v) is 3.59. The minimum Gasteiger partial charge on any atom is -0.486 e. The third-order valence-electron chi connectivity index (χ3n) is 5.52. The lowest BCUT2D eigenvalue weighted by Gasteiger charge is -2.33. The van der Waals surface area contributed by atoms with Gasteiger partial charge in [0.2, 0.25) is 5.91 Å². The molecule has 1 aromatic carbocycles. The SMILES string of the molecule is N#Cc1cc(-c2ccnc(NC(=O)[C@H]3C[C@@H]3F)c2)ccc1O[C@H]1CCN(C(=O)O)C[C@H]1F. The van der Waals surface area contributed by atoms with Gasteiger partial charge in [-0.15, -0.1) is 0 Å². The van der Waals surface area contributed by atoms with E-state index < -0.39 is 36.4 Å². The maximum atomic E-state index is 14.4. The van der Waals surface area contributed by atoms with E-state index in [4.69, 9.17) is 9.84 Å². The number of nitrogens with one attached hydrogen (secondary N) is 1. The van der Waals surface area contributed by atoms with Crippen molar-refractivity contribution in [3.05, 3.63) is 42.1 Å². The van der Waals surface area contributed by atoms with E-state index in [0.29, 0.717) is 11.1 Å². The van der Waals surface area contributed by atoms with Gasteiger partial charge in [-0.25, -0.2) is 18.6 Å². The summed E-state index contributed by atoms with van der Waals surface area (Å²) < 4.78 is 33.2. The van der Waals surface area contributed by atoms with Gasteiger partial charge >= 0.3 is 6.09 Å². The van der Waals surface area contributed by atoms with Crippen LogP contribution in [0, 0.1) is 17.2 Å². The zero-order chi connectivity index (χ0) is 22.8. The topological polar surface area (TPSA) is 116 Å². The molecule has 2 aliphatic rings. The van der Waals surface area contributed by atoms with Crippen LogP contribution in [0.3, 0.4) is 0 Å². The van der Waals surface area contributed by atoms with E-state index in [1.165, 1.54) is 6.20 Å². The molecule has 1 aliphatic heterocycles. The van der Waals surface area contributed by atoms with E-state index in [1.807, 2.05) is 6.07 Å². The molecule has 8 nitrogen and oxygen atoms in total. The normalized spacial score (nSPS) is 24.3. The quantitative estimate of drug-likeness (QED) is 0.734. The number of hydrogen-bond acceptors (Lipinski definition) is 5. The molecule has 0 unspecified atom stereocenters. The largest absolute Gasteiger partial charge is 0.486 e. The first-order valence-electron chi connectivity index (χ1n) is 10.1. The summed E-state index contributed by atoms with van der Waals surface area (Å²) in [6, 6.07) is 10.2. The summed E-state index contributed by atoms with van der Waals surface area (Å²) in [7, 11) is 0. The Labute approximate surface area is 182 Å². The number of hydrogen-bond donors (Lipinski definition) is 2. The molecule has 2 heterocycles. The molecule has 0 bridgehead atoms. The summed E-state index contributed by atoms with van der Waals surface area (Å²) >= 11 is 0. The first-order chi connectivity index (χ1) is 15.4. The number of anilines is 1. The summed E-state index contributed by atoms with van der Waals surface area (Å²) in [4.78, 5) is 28.0. The monoisotopic (exact) mass is 442 g/mol. The fraction of sp³-hybridized carbons (Fsp3) is 0.364. The number of halogens is 2. The summed E-state index contributed by atoms with van der Waals surface area (Å²) in [6.45, 7) is -0.134. The number of ether oxygens (including phenoxy) is 1. The number of piperidine rings is 1. The molecular weight excluding hydrogens is 422 g/mol. The van der Waals surface area contributed by atoms with Crippen LogP contribution in [0.5, 0.6) is 5.75 Å². The van der Waals surface area contributed by atoms with Crippen molar-refractivity contribution in [2.75, 3.05) is 18.4 Å². The zero-order valence-corrected chi connectivity index (χ0v) is 16.9. The Bertz CT molecular complexity index is 1090. The van der Waals surface area contributed by atoms with Crippen molar-refractivity contribution in [2.45, 2.75) is 31.3 Å². The highest BCUT2D eigenvalue weighted by Crippen LogP contribution is 2.35. The van der Waals surface area contributed by atoms with Crippen molar-refractivity contribution in [3.8, 4) is 22.9 Å². The molecule has 0 spiro atoms. The minimum atomic E-state index is -1.51. The second kappa shape index (κ2) is 8.78. The van der Waals surface area contributed by atoms with Gasteiger partial charge < -0.3 is 20.1 Å². The first kappa shape index (κ1) is 21.5. The Morgan fingerprint density at radius 2 is 1.97 bits per heavy atom. The molecule has 2 fully saturated rings. The van der Waals surface area contributed by atoms with E-state index in [2.05, 4.69) is 10.3 Å². The number of likely N-dealkylation sites (tertiary alicyclic amines) is 1. The van der Waals surface area contributed by atoms with Crippen molar-refractivity contribution >= 4 is 17.8 Å². The standard InChI is InChI=1S/C22H20F2N4O4/c23-16-9-15(16)21(29)27-20-8-13(3-5-26-20)12-1-2-18(14(7-12)10-25)32-19-4-6-28(22(30)31)11-17(19)24/h1-3,5,7-8,15-17,19H,4,6,9,11H2,(H,30,31)(H,26,27,29)/t15-,16-,17+,19-/m0/s1. The molecule has 10 heteroatoms. The molecule has 1 aliphatic carbocycles. The Hall–Kier alpha value is -3.74. The van der Waals surface area contributed by atoms with Crippen LogP contribution in [0.25, 0.3) is 11.1 Å². The van der Waals surface area contributed by atoms with Gasteiger partial charge in [0.25, 0.3) is 0 Å². The number of alkyl halides is 2. The maximum Gasteiger partial charge on any atom is 0.407 e. The van der Waals surface area contributed by atoms with Crippen molar-refractivity contribution in [3.63, 3.8) is 0 Å². The molecule has 1 saturated carbocycles. The Kier molecular flexibility index (Phi) is 5.90. The number of carbonyl (C=O) groups is 2. The predicted molar refractivity (Wildman–Crippen MR) is 110 cm³/mol. The summed E-state index contributed by atoms with van der Waals surface area (Å²) in [6.07, 6.45) is -2.76. The Morgan fingerprint density at radius 3 is 2.62 bits per heavy atom. The number of benzene rings is 1. The Morgan fingerprint density at radius 1 is 1.22 bits per heavy atom. The van der Waals surface area contributed by atoms with E-state index in [0.717, 1.165) is 4.90 Å². The molecule has 1 saturated heterocycles. The number of pyridine rings is 1. The third kappa shape index (κ3) is 4.61. The second-order valence-corrected chi connectivity index (χ2v) is 7.79. The average Bonchev–Trinajstić information content (AvgIpc) is 3.52. The highest BCUT2D eigenvalue weighted by molar-refractivity contribution is 5.94. The maximum absolute atomic E-state index is 14.4. The van der Waals surface area contributed by atoms with Gasteiger partial charge in [0.15, 0.2) is 6.17 Å². The van der Waals surface area contributed by atoms with Gasteiger partial charge in [-0.1, -0.05) is 6.07 Å². The van der Waals surface area contributed by atoms with Crippen LogP contribution < -0.4 is 10.1 Å². The fourth-order valence-electron chi connectivity index (χ4n) is 3.59. The molecule has 2 N–H and O–H groups in total.